The molecule has 18 heavy (non-hydrogen) atoms. The molecule has 1 saturated carbocycles. The molecule has 1 aromatic carbocycles. The fourth-order valence-electron chi connectivity index (χ4n) is 2.48. The van der Waals surface area contributed by atoms with E-state index in [9.17, 15) is 0 Å². The quantitative estimate of drug-likeness (QED) is 0.852. The molecule has 0 aromatic heterocycles. The van der Waals surface area contributed by atoms with Crippen LogP contribution in [0.4, 0.5) is 0 Å². The predicted octanol–water partition coefficient (Wildman–Crippen LogP) is 3.27. The standard InChI is InChI=1S/C14H18ClNO2/c15-11-9-13-12(8-10(11)4-1-2-7-16)17-14(18-13)5-3-6-14/h8-9H,1-7,16H2. The van der Waals surface area contributed by atoms with Gasteiger partial charge < -0.3 is 15.2 Å². The van der Waals surface area contributed by atoms with Crippen LogP contribution in [-0.2, 0) is 6.42 Å². The first-order chi connectivity index (χ1) is 8.72. The molecule has 0 radical (unpaired) electrons. The molecular weight excluding hydrogens is 250 g/mol. The van der Waals surface area contributed by atoms with Crippen molar-refractivity contribution in [1.82, 2.24) is 0 Å². The summed E-state index contributed by atoms with van der Waals surface area (Å²) in [5, 5.41) is 0.769. The van der Waals surface area contributed by atoms with E-state index >= 15 is 0 Å². The summed E-state index contributed by atoms with van der Waals surface area (Å²) in [6.45, 7) is 0.727. The largest absolute Gasteiger partial charge is 0.448 e. The van der Waals surface area contributed by atoms with Crippen LogP contribution in [0, 0.1) is 0 Å². The lowest BCUT2D eigenvalue weighted by atomic mass is 9.91. The van der Waals surface area contributed by atoms with Crippen molar-refractivity contribution in [2.75, 3.05) is 6.54 Å². The van der Waals surface area contributed by atoms with E-state index in [-0.39, 0.29) is 5.79 Å². The fraction of sp³-hybridized carbons (Fsp3) is 0.571. The van der Waals surface area contributed by atoms with E-state index in [0.717, 1.165) is 60.7 Å². The fourth-order valence-corrected chi connectivity index (χ4v) is 2.73. The number of unbranched alkanes of at least 4 members (excludes halogenated alkanes) is 1. The first-order valence-electron chi connectivity index (χ1n) is 6.63. The first kappa shape index (κ1) is 12.1. The number of benzene rings is 1. The average Bonchev–Trinajstić information content (AvgIpc) is 2.68. The van der Waals surface area contributed by atoms with Crippen LogP contribution in [0.1, 0.15) is 37.7 Å². The van der Waals surface area contributed by atoms with Crippen LogP contribution in [0.3, 0.4) is 0 Å². The Kier molecular flexibility index (Phi) is 3.12. The molecule has 1 heterocycles. The minimum atomic E-state index is -0.373. The average molecular weight is 268 g/mol. The van der Waals surface area contributed by atoms with E-state index in [1.807, 2.05) is 12.1 Å². The van der Waals surface area contributed by atoms with Gasteiger partial charge in [-0.1, -0.05) is 11.6 Å². The molecule has 0 atom stereocenters. The normalized spacial score (nSPS) is 19.0. The third-order valence-electron chi connectivity index (χ3n) is 3.72. The number of fused-ring (bicyclic) bond motifs is 1. The van der Waals surface area contributed by atoms with Crippen molar-refractivity contribution < 1.29 is 9.47 Å². The van der Waals surface area contributed by atoms with Crippen molar-refractivity contribution in [3.63, 3.8) is 0 Å². The minimum Gasteiger partial charge on any atom is -0.448 e. The van der Waals surface area contributed by atoms with Crippen molar-refractivity contribution in [1.29, 1.82) is 0 Å². The number of ether oxygens (including phenoxy) is 2. The highest BCUT2D eigenvalue weighted by Crippen LogP contribution is 2.49. The monoisotopic (exact) mass is 267 g/mol. The van der Waals surface area contributed by atoms with E-state index < -0.39 is 0 Å². The van der Waals surface area contributed by atoms with Crippen molar-refractivity contribution in [3.05, 3.63) is 22.7 Å². The SMILES string of the molecule is NCCCCc1cc2c(cc1Cl)OC1(CCC1)O2. The first-order valence-corrected chi connectivity index (χ1v) is 7.01. The molecule has 1 spiro atoms. The molecule has 4 heteroatoms. The third-order valence-corrected chi connectivity index (χ3v) is 4.07. The highest BCUT2D eigenvalue weighted by atomic mass is 35.5. The zero-order valence-corrected chi connectivity index (χ0v) is 11.1. The van der Waals surface area contributed by atoms with Gasteiger partial charge in [-0.3, -0.25) is 0 Å². The molecule has 0 saturated heterocycles. The Labute approximate surface area is 112 Å². The molecule has 1 aliphatic heterocycles. The smallest absolute Gasteiger partial charge is 0.251 e. The Hall–Kier alpha value is -0.930. The number of halogens is 1. The highest BCUT2D eigenvalue weighted by molar-refractivity contribution is 6.31. The molecule has 1 fully saturated rings. The maximum atomic E-state index is 6.27. The Morgan fingerprint density at radius 1 is 1.17 bits per heavy atom. The second kappa shape index (κ2) is 4.63. The summed E-state index contributed by atoms with van der Waals surface area (Å²) in [5.41, 5.74) is 6.63. The van der Waals surface area contributed by atoms with Crippen LogP contribution in [-0.4, -0.2) is 12.3 Å². The molecule has 2 aliphatic rings. The molecule has 1 aromatic rings. The van der Waals surface area contributed by atoms with Gasteiger partial charge in [0.15, 0.2) is 11.5 Å². The van der Waals surface area contributed by atoms with Gasteiger partial charge >= 0.3 is 0 Å². The third kappa shape index (κ3) is 2.06. The van der Waals surface area contributed by atoms with Crippen molar-refractivity contribution >= 4 is 11.6 Å². The van der Waals surface area contributed by atoms with Gasteiger partial charge in [-0.25, -0.2) is 0 Å². The number of nitrogens with two attached hydrogens (primary N) is 1. The molecular formula is C14H18ClNO2. The molecule has 3 nitrogen and oxygen atoms in total. The lowest BCUT2D eigenvalue weighted by molar-refractivity contribution is -0.138. The number of rotatable bonds is 4. The van der Waals surface area contributed by atoms with Crippen LogP contribution >= 0.6 is 11.6 Å². The molecule has 0 amide bonds. The molecule has 1 aliphatic carbocycles. The van der Waals surface area contributed by atoms with Crippen molar-refractivity contribution in [2.45, 2.75) is 44.3 Å². The van der Waals surface area contributed by atoms with E-state index in [0.29, 0.717) is 0 Å². The summed E-state index contributed by atoms with van der Waals surface area (Å²) < 4.78 is 11.8. The lowest BCUT2D eigenvalue weighted by Gasteiger charge is -2.35. The second-order valence-corrected chi connectivity index (χ2v) is 5.51. The number of hydrogen-bond acceptors (Lipinski definition) is 3. The topological polar surface area (TPSA) is 44.5 Å². The van der Waals surface area contributed by atoms with Crippen LogP contribution in [0.25, 0.3) is 0 Å². The van der Waals surface area contributed by atoms with Crippen LogP contribution in [0.15, 0.2) is 12.1 Å². The van der Waals surface area contributed by atoms with E-state index in [1.54, 1.807) is 0 Å². The van der Waals surface area contributed by atoms with Gasteiger partial charge in [-0.2, -0.15) is 0 Å². The summed E-state index contributed by atoms with van der Waals surface area (Å²) in [6, 6.07) is 3.92. The number of aryl methyl sites for hydroxylation is 1. The minimum absolute atomic E-state index is 0.373. The maximum Gasteiger partial charge on any atom is 0.251 e. The van der Waals surface area contributed by atoms with Crippen LogP contribution in [0.5, 0.6) is 11.5 Å². The number of hydrogen-bond donors (Lipinski definition) is 1. The van der Waals surface area contributed by atoms with E-state index in [1.165, 1.54) is 6.42 Å². The predicted molar refractivity (Wildman–Crippen MR) is 71.3 cm³/mol. The van der Waals surface area contributed by atoms with Gasteiger partial charge in [0.1, 0.15) is 0 Å². The van der Waals surface area contributed by atoms with Gasteiger partial charge in [0.2, 0.25) is 0 Å². The van der Waals surface area contributed by atoms with E-state index in [2.05, 4.69) is 0 Å². The Morgan fingerprint density at radius 2 is 1.89 bits per heavy atom. The molecule has 3 rings (SSSR count). The van der Waals surface area contributed by atoms with Crippen molar-refractivity contribution in [3.8, 4) is 11.5 Å². The molecule has 0 unspecified atom stereocenters. The Balaban J connectivity index is 1.77. The van der Waals surface area contributed by atoms with Crippen LogP contribution in [0.2, 0.25) is 5.02 Å². The Bertz CT molecular complexity index is 457. The van der Waals surface area contributed by atoms with Gasteiger partial charge in [-0.15, -0.1) is 0 Å². The summed E-state index contributed by atoms with van der Waals surface area (Å²) in [7, 11) is 0. The zero-order chi connectivity index (χ0) is 12.6. The van der Waals surface area contributed by atoms with Gasteiger partial charge in [0.25, 0.3) is 5.79 Å². The molecule has 98 valence electrons. The summed E-state index contributed by atoms with van der Waals surface area (Å²) in [6.07, 6.45) is 6.14. The lowest BCUT2D eigenvalue weighted by Crippen LogP contribution is -2.45. The Morgan fingerprint density at radius 3 is 2.50 bits per heavy atom. The zero-order valence-electron chi connectivity index (χ0n) is 10.4. The van der Waals surface area contributed by atoms with Gasteiger partial charge in [0.05, 0.1) is 0 Å². The maximum absolute atomic E-state index is 6.27. The summed E-state index contributed by atoms with van der Waals surface area (Å²) in [5.74, 6) is 1.27. The summed E-state index contributed by atoms with van der Waals surface area (Å²) in [4.78, 5) is 0. The van der Waals surface area contributed by atoms with E-state index in [4.69, 9.17) is 26.8 Å². The second-order valence-electron chi connectivity index (χ2n) is 5.10. The van der Waals surface area contributed by atoms with Gasteiger partial charge in [0, 0.05) is 23.9 Å². The van der Waals surface area contributed by atoms with Gasteiger partial charge in [-0.05, 0) is 43.9 Å². The van der Waals surface area contributed by atoms with Crippen LogP contribution < -0.4 is 15.2 Å². The summed E-state index contributed by atoms with van der Waals surface area (Å²) >= 11 is 6.27. The highest BCUT2D eigenvalue weighted by Gasteiger charge is 2.47. The molecule has 0 bridgehead atoms. The molecule has 2 N–H and O–H groups in total. The van der Waals surface area contributed by atoms with Crippen molar-refractivity contribution in [2.24, 2.45) is 5.73 Å².